The summed E-state index contributed by atoms with van der Waals surface area (Å²) >= 11 is 0. The number of para-hydroxylation sites is 1. The topological polar surface area (TPSA) is 166 Å². The van der Waals surface area contributed by atoms with Crippen LogP contribution in [0, 0.1) is 37.2 Å². The van der Waals surface area contributed by atoms with Crippen LogP contribution in [0.25, 0.3) is 0 Å². The Morgan fingerprint density at radius 3 is 1.70 bits per heavy atom. The molecule has 3 aliphatic heterocycles. The first-order valence-corrected chi connectivity index (χ1v) is 33.1. The van der Waals surface area contributed by atoms with Crippen molar-refractivity contribution >= 4 is 34.9 Å². The number of carbonyl (C=O) groups is 4. The monoisotopic (exact) mass is 1350 g/mol. The third-order valence-corrected chi connectivity index (χ3v) is 17.6. The Morgan fingerprint density at radius 1 is 0.450 bits per heavy atom. The van der Waals surface area contributed by atoms with Gasteiger partial charge in [0.2, 0.25) is 5.88 Å². The number of hydrogen-bond acceptors (Lipinski definition) is 12. The van der Waals surface area contributed by atoms with Crippen molar-refractivity contribution in [2.24, 2.45) is 5.92 Å². The summed E-state index contributed by atoms with van der Waals surface area (Å²) in [6.45, 7) is 8.01. The van der Waals surface area contributed by atoms with Gasteiger partial charge in [0, 0.05) is 73.8 Å². The highest BCUT2D eigenvalue weighted by Gasteiger charge is 2.31. The van der Waals surface area contributed by atoms with Gasteiger partial charge in [0.25, 0.3) is 17.7 Å². The standard InChI is InChI=1S/C22H19FN2O2.C22H20N2O2.C20H21FN2O2.C16H14FNO2.2CH4/c1-15-4-2-7-19(10-15)25-9-8-17-12-20(13-24-21(17)22(25)26)27-14-16-5-3-6-18(23)11-16;1-16-7-9-19(10-8-16)24-12-11-18-13-17(14-23-21(18)22(24)25)15-26-20-5-3-2-4-6-20;21-16-6-2-5-15(11-16)13-25-19-8-7-17-18(22-19)9-10-23(20(17)24)12-14-3-1-4-14;17-14-6-2-1-4-12(14)10-20-13-8-11-5-3-7-15(19)16(11)18-9-13;;/h2-7,10-13H,8-9,14H2,1H3;2-10,13-14H,11-12,15H2,1H3;2,5-8,11,14H,1,3-4,9-10,12-13H2;1-2,4,6,8-9H,3,5,7,10H2;2*1H4. The molecule has 2 aliphatic carbocycles. The molecule has 0 radical (unpaired) electrons. The fourth-order valence-electron chi connectivity index (χ4n) is 12.1. The Hall–Kier alpha value is -11.0. The number of fused-ring (bicyclic) bond motifs is 4. The minimum atomic E-state index is -0.290. The van der Waals surface area contributed by atoms with E-state index in [2.05, 4.69) is 19.9 Å². The molecule has 4 aromatic heterocycles. The first-order chi connectivity index (χ1) is 47.7. The van der Waals surface area contributed by atoms with Crippen LogP contribution in [0.3, 0.4) is 0 Å². The number of benzene rings is 6. The van der Waals surface area contributed by atoms with Gasteiger partial charge < -0.3 is 33.6 Å². The number of pyridine rings is 4. The van der Waals surface area contributed by atoms with E-state index >= 15 is 0 Å². The molecule has 18 heteroatoms. The molecule has 10 aromatic rings. The molecule has 0 N–H and O–H groups in total. The van der Waals surface area contributed by atoms with E-state index in [1.807, 2.05) is 122 Å². The molecule has 0 atom stereocenters. The fraction of sp³-hybridized carbons (Fsp3) is 0.268. The van der Waals surface area contributed by atoms with E-state index in [9.17, 15) is 32.3 Å². The van der Waals surface area contributed by atoms with E-state index in [0.717, 1.165) is 101 Å². The number of aromatic nitrogens is 4. The number of aryl methyl sites for hydroxylation is 3. The minimum Gasteiger partial charge on any atom is -0.489 e. The van der Waals surface area contributed by atoms with Crippen molar-refractivity contribution in [1.82, 2.24) is 24.8 Å². The van der Waals surface area contributed by atoms with Crippen LogP contribution in [-0.2, 0) is 52.1 Å². The lowest BCUT2D eigenvalue weighted by atomic mass is 9.84. The molecule has 15 rings (SSSR count). The molecule has 0 unspecified atom stereocenters. The molecule has 1 fully saturated rings. The van der Waals surface area contributed by atoms with Crippen LogP contribution in [0.4, 0.5) is 24.5 Å². The number of anilines is 2. The Kier molecular flexibility index (Phi) is 24.4. The molecule has 0 saturated heterocycles. The van der Waals surface area contributed by atoms with Crippen LogP contribution < -0.4 is 28.7 Å². The van der Waals surface area contributed by atoms with Gasteiger partial charge in [0.15, 0.2) is 5.78 Å². The lowest BCUT2D eigenvalue weighted by molar-refractivity contribution is 0.0675. The Morgan fingerprint density at radius 2 is 1.04 bits per heavy atom. The second-order valence-electron chi connectivity index (χ2n) is 24.8. The first kappa shape index (κ1) is 71.8. The summed E-state index contributed by atoms with van der Waals surface area (Å²) in [7, 11) is 0. The lowest BCUT2D eigenvalue weighted by Gasteiger charge is -2.34. The van der Waals surface area contributed by atoms with E-state index in [1.165, 1.54) is 61.4 Å². The zero-order chi connectivity index (χ0) is 67.9. The van der Waals surface area contributed by atoms with Gasteiger partial charge in [0.05, 0.1) is 23.7 Å². The van der Waals surface area contributed by atoms with E-state index in [0.29, 0.717) is 84.0 Å². The molecule has 15 nitrogen and oxygen atoms in total. The number of ketones is 1. The number of nitrogens with zero attached hydrogens (tertiary/aromatic N) is 7. The zero-order valence-corrected chi connectivity index (χ0v) is 54.7. The number of ether oxygens (including phenoxy) is 4. The molecule has 7 heterocycles. The maximum Gasteiger partial charge on any atom is 0.277 e. The quantitative estimate of drug-likeness (QED) is 0.0900. The molecule has 3 amide bonds. The molecular formula is C82H82F3N7O8. The van der Waals surface area contributed by atoms with Crippen molar-refractivity contribution in [2.45, 2.75) is 113 Å². The van der Waals surface area contributed by atoms with Crippen LogP contribution in [0.15, 0.2) is 201 Å². The Labute approximate surface area is 582 Å². The predicted octanol–water partition coefficient (Wildman–Crippen LogP) is 16.7. The van der Waals surface area contributed by atoms with Crippen LogP contribution in [0.5, 0.6) is 23.1 Å². The van der Waals surface area contributed by atoms with Gasteiger partial charge in [-0.2, -0.15) is 0 Å². The van der Waals surface area contributed by atoms with Crippen LogP contribution in [-0.4, -0.2) is 74.5 Å². The average molecular weight is 1350 g/mol. The molecule has 514 valence electrons. The van der Waals surface area contributed by atoms with Crippen molar-refractivity contribution < 1.29 is 51.3 Å². The van der Waals surface area contributed by atoms with Gasteiger partial charge in [-0.3, -0.25) is 24.2 Å². The number of hydrogen-bond donors (Lipinski definition) is 0. The number of amides is 3. The highest BCUT2D eigenvalue weighted by Crippen LogP contribution is 2.32. The molecule has 1 saturated carbocycles. The summed E-state index contributed by atoms with van der Waals surface area (Å²) in [5.41, 5.74) is 12.9. The summed E-state index contributed by atoms with van der Waals surface area (Å²) in [6, 6.07) is 54.0. The number of rotatable bonds is 16. The summed E-state index contributed by atoms with van der Waals surface area (Å²) < 4.78 is 62.7. The number of halogens is 3. The Balaban J connectivity index is 0.000000144. The van der Waals surface area contributed by atoms with Crippen LogP contribution >= 0.6 is 0 Å². The maximum absolute atomic E-state index is 13.5. The minimum absolute atomic E-state index is 0. The van der Waals surface area contributed by atoms with Crippen molar-refractivity contribution in [3.05, 3.63) is 296 Å². The average Bonchev–Trinajstić information content (AvgIpc) is 0.805. The second-order valence-corrected chi connectivity index (χ2v) is 24.8. The van der Waals surface area contributed by atoms with Crippen LogP contribution in [0.1, 0.15) is 145 Å². The smallest absolute Gasteiger partial charge is 0.277 e. The fourth-order valence-corrected chi connectivity index (χ4v) is 12.1. The van der Waals surface area contributed by atoms with Gasteiger partial charge in [-0.15, -0.1) is 0 Å². The summed E-state index contributed by atoms with van der Waals surface area (Å²) in [4.78, 5) is 72.9. The van der Waals surface area contributed by atoms with Crippen molar-refractivity contribution in [3.8, 4) is 23.1 Å². The third kappa shape index (κ3) is 18.4. The van der Waals surface area contributed by atoms with E-state index in [1.54, 1.807) is 70.7 Å². The largest absolute Gasteiger partial charge is 0.489 e. The number of Topliss-reactive ketones (excluding diaryl/α,β-unsaturated/α-hetero) is 1. The van der Waals surface area contributed by atoms with Crippen LogP contribution in [0.2, 0.25) is 0 Å². The summed E-state index contributed by atoms with van der Waals surface area (Å²) in [6.07, 6.45) is 13.1. The maximum atomic E-state index is 13.5. The van der Waals surface area contributed by atoms with Crippen molar-refractivity contribution in [2.75, 3.05) is 36.0 Å². The number of carbonyl (C=O) groups excluding carboxylic acids is 4. The predicted molar refractivity (Wildman–Crippen MR) is 381 cm³/mol. The summed E-state index contributed by atoms with van der Waals surface area (Å²) in [5.74, 6) is 2.30. The van der Waals surface area contributed by atoms with Gasteiger partial charge in [-0.1, -0.05) is 112 Å². The molecule has 100 heavy (non-hydrogen) atoms. The molecule has 0 spiro atoms. The Bertz CT molecular complexity index is 4500. The van der Waals surface area contributed by atoms with E-state index < -0.39 is 0 Å². The van der Waals surface area contributed by atoms with Gasteiger partial charge in [-0.25, -0.2) is 28.1 Å². The third-order valence-electron chi connectivity index (χ3n) is 17.6. The first-order valence-electron chi connectivity index (χ1n) is 33.1. The molecule has 0 bridgehead atoms. The highest BCUT2D eigenvalue weighted by molar-refractivity contribution is 6.07. The van der Waals surface area contributed by atoms with Gasteiger partial charge >= 0.3 is 0 Å². The van der Waals surface area contributed by atoms with Gasteiger partial charge in [0.1, 0.15) is 78.2 Å². The molecule has 6 aromatic carbocycles. The molecule has 5 aliphatic rings. The highest BCUT2D eigenvalue weighted by atomic mass is 19.1. The molecular weight excluding hydrogens is 1270 g/mol. The summed E-state index contributed by atoms with van der Waals surface area (Å²) in [5, 5.41) is 0. The van der Waals surface area contributed by atoms with Crippen molar-refractivity contribution in [3.63, 3.8) is 0 Å². The second kappa shape index (κ2) is 34.0. The van der Waals surface area contributed by atoms with Gasteiger partial charge in [-0.05, 0) is 183 Å². The zero-order valence-electron chi connectivity index (χ0n) is 54.7. The normalized spacial score (nSPS) is 14.2. The SMILES string of the molecule is C.C.Cc1ccc(N2CCc3cc(COc4ccccc4)cnc3C2=O)cc1.Cc1cccc(N2CCc3cc(OCc4cccc(F)c4)cnc3C2=O)c1.O=C1CCCc2cc(OCc3ccccc3F)cnc21.O=C1c2ccc(OCc3cccc(F)c3)nc2CCN1CC1CCC1. The lowest BCUT2D eigenvalue weighted by Crippen LogP contribution is -2.42. The van der Waals surface area contributed by atoms with E-state index in [-0.39, 0.29) is 75.6 Å². The van der Waals surface area contributed by atoms with Crippen molar-refractivity contribution in [1.29, 1.82) is 0 Å². The van der Waals surface area contributed by atoms with E-state index in [4.69, 9.17) is 18.9 Å².